The van der Waals surface area contributed by atoms with E-state index in [1.54, 1.807) is 18.2 Å². The van der Waals surface area contributed by atoms with Crippen molar-refractivity contribution < 1.29 is 14.7 Å². The van der Waals surface area contributed by atoms with Crippen LogP contribution >= 0.6 is 23.2 Å². The average Bonchev–Trinajstić information content (AvgIpc) is 3.28. The standard InChI is InChI=1S/C20H26Cl2N2O3/c1-20(2,3)17-15(9-10-23(17)19(26)27)24(11-12-7-8-12)18(25)13-5-4-6-14(21)16(13)22/h4-6,12,15,17H,7-11H2,1-3H3,(H,26,27)/t15-,17?/m0/s1. The number of benzene rings is 1. The molecule has 1 heterocycles. The van der Waals surface area contributed by atoms with E-state index in [9.17, 15) is 14.7 Å². The molecule has 1 aromatic rings. The van der Waals surface area contributed by atoms with Gasteiger partial charge in [-0.3, -0.25) is 4.79 Å². The Morgan fingerprint density at radius 1 is 1.22 bits per heavy atom. The summed E-state index contributed by atoms with van der Waals surface area (Å²) < 4.78 is 0. The van der Waals surface area contributed by atoms with Crippen LogP contribution in [0, 0.1) is 11.3 Å². The first kappa shape index (κ1) is 20.3. The summed E-state index contributed by atoms with van der Waals surface area (Å²) in [5.74, 6) is 0.312. The van der Waals surface area contributed by atoms with E-state index in [1.165, 1.54) is 4.90 Å². The van der Waals surface area contributed by atoms with Crippen LogP contribution in [0.25, 0.3) is 0 Å². The topological polar surface area (TPSA) is 60.9 Å². The molecule has 1 N–H and O–H groups in total. The molecule has 1 saturated carbocycles. The van der Waals surface area contributed by atoms with Crippen LogP contribution in [0.3, 0.4) is 0 Å². The van der Waals surface area contributed by atoms with E-state index in [1.807, 2.05) is 25.7 Å². The first-order valence-corrected chi connectivity index (χ1v) is 10.1. The molecule has 1 aliphatic carbocycles. The fraction of sp³-hybridized carbons (Fsp3) is 0.600. The third kappa shape index (κ3) is 4.19. The maximum absolute atomic E-state index is 13.4. The fourth-order valence-corrected chi connectivity index (χ4v) is 4.51. The van der Waals surface area contributed by atoms with Crippen molar-refractivity contribution in [3.05, 3.63) is 33.8 Å². The van der Waals surface area contributed by atoms with Gasteiger partial charge in [-0.1, -0.05) is 50.0 Å². The highest BCUT2D eigenvalue weighted by Gasteiger charge is 2.48. The van der Waals surface area contributed by atoms with Crippen molar-refractivity contribution in [1.82, 2.24) is 9.80 Å². The molecule has 0 radical (unpaired) electrons. The molecule has 0 spiro atoms. The lowest BCUT2D eigenvalue weighted by molar-refractivity contribution is 0.0451. The van der Waals surface area contributed by atoms with Gasteiger partial charge in [0.05, 0.1) is 27.7 Å². The highest BCUT2D eigenvalue weighted by molar-refractivity contribution is 6.43. The van der Waals surface area contributed by atoms with Gasteiger partial charge in [-0.15, -0.1) is 0 Å². The molecule has 2 aliphatic rings. The second-order valence-corrected chi connectivity index (χ2v) is 9.43. The lowest BCUT2D eigenvalue weighted by Crippen LogP contribution is -2.54. The molecule has 148 valence electrons. The first-order valence-electron chi connectivity index (χ1n) is 9.35. The smallest absolute Gasteiger partial charge is 0.407 e. The number of hydrogen-bond acceptors (Lipinski definition) is 2. The molecule has 1 aliphatic heterocycles. The number of rotatable bonds is 4. The van der Waals surface area contributed by atoms with E-state index < -0.39 is 6.09 Å². The molecule has 1 saturated heterocycles. The highest BCUT2D eigenvalue weighted by Crippen LogP contribution is 2.39. The number of hydrogen-bond donors (Lipinski definition) is 1. The monoisotopic (exact) mass is 412 g/mol. The van der Waals surface area contributed by atoms with E-state index in [2.05, 4.69) is 0 Å². The minimum absolute atomic E-state index is 0.166. The Morgan fingerprint density at radius 2 is 1.89 bits per heavy atom. The van der Waals surface area contributed by atoms with Crippen LogP contribution in [0.5, 0.6) is 0 Å². The van der Waals surface area contributed by atoms with Crippen molar-refractivity contribution in [2.75, 3.05) is 13.1 Å². The van der Waals surface area contributed by atoms with Crippen LogP contribution in [0.15, 0.2) is 18.2 Å². The summed E-state index contributed by atoms with van der Waals surface area (Å²) >= 11 is 12.4. The molecule has 5 nitrogen and oxygen atoms in total. The zero-order valence-corrected chi connectivity index (χ0v) is 17.4. The lowest BCUT2D eigenvalue weighted by atomic mass is 9.82. The Balaban J connectivity index is 1.97. The minimum Gasteiger partial charge on any atom is -0.465 e. The van der Waals surface area contributed by atoms with Crippen molar-refractivity contribution >= 4 is 35.2 Å². The van der Waals surface area contributed by atoms with Gasteiger partial charge in [-0.25, -0.2) is 4.79 Å². The van der Waals surface area contributed by atoms with E-state index in [0.29, 0.717) is 36.0 Å². The molecule has 1 aromatic carbocycles. The Kier molecular flexibility index (Phi) is 5.64. The number of likely N-dealkylation sites (tertiary alicyclic amines) is 1. The number of carbonyl (C=O) groups excluding carboxylic acids is 1. The lowest BCUT2D eigenvalue weighted by Gasteiger charge is -2.41. The number of amides is 2. The highest BCUT2D eigenvalue weighted by atomic mass is 35.5. The van der Waals surface area contributed by atoms with Crippen LogP contribution in [0.2, 0.25) is 10.0 Å². The van der Waals surface area contributed by atoms with Crippen LogP contribution in [0.4, 0.5) is 4.79 Å². The predicted octanol–water partition coefficient (Wildman–Crippen LogP) is 5.01. The number of carboxylic acid groups (broad SMARTS) is 1. The van der Waals surface area contributed by atoms with Gasteiger partial charge in [0.1, 0.15) is 0 Å². The van der Waals surface area contributed by atoms with Crippen LogP contribution in [-0.2, 0) is 0 Å². The second kappa shape index (κ2) is 7.51. The molecular weight excluding hydrogens is 387 g/mol. The molecule has 2 amide bonds. The SMILES string of the molecule is CC(C)(C)C1[C@@H](N(CC2CC2)C(=O)c2cccc(Cl)c2Cl)CCN1C(=O)O. The summed E-state index contributed by atoms with van der Waals surface area (Å²) in [6.07, 6.45) is 1.90. The summed E-state index contributed by atoms with van der Waals surface area (Å²) in [5.41, 5.74) is 0.0889. The van der Waals surface area contributed by atoms with Crippen molar-refractivity contribution in [2.24, 2.45) is 11.3 Å². The largest absolute Gasteiger partial charge is 0.465 e. The normalized spacial score (nSPS) is 22.8. The third-order valence-electron chi connectivity index (χ3n) is 5.49. The molecule has 27 heavy (non-hydrogen) atoms. The summed E-state index contributed by atoms with van der Waals surface area (Å²) in [6, 6.07) is 4.62. The van der Waals surface area contributed by atoms with Gasteiger partial charge in [-0.05, 0) is 42.7 Å². The van der Waals surface area contributed by atoms with E-state index in [0.717, 1.165) is 12.8 Å². The van der Waals surface area contributed by atoms with Crippen LogP contribution in [-0.4, -0.2) is 52.1 Å². The van der Waals surface area contributed by atoms with E-state index in [-0.39, 0.29) is 28.4 Å². The van der Waals surface area contributed by atoms with Crippen molar-refractivity contribution in [3.63, 3.8) is 0 Å². The van der Waals surface area contributed by atoms with Gasteiger partial charge in [0, 0.05) is 13.1 Å². The maximum atomic E-state index is 13.4. The van der Waals surface area contributed by atoms with Crippen LogP contribution < -0.4 is 0 Å². The number of nitrogens with zero attached hydrogens (tertiary/aromatic N) is 2. The number of halogens is 2. The minimum atomic E-state index is -0.933. The quantitative estimate of drug-likeness (QED) is 0.755. The van der Waals surface area contributed by atoms with E-state index >= 15 is 0 Å². The van der Waals surface area contributed by atoms with Gasteiger partial charge in [0.2, 0.25) is 0 Å². The Hall–Kier alpha value is -1.46. The first-order chi connectivity index (χ1) is 12.6. The molecule has 2 fully saturated rings. The maximum Gasteiger partial charge on any atom is 0.407 e. The predicted molar refractivity (Wildman–Crippen MR) is 107 cm³/mol. The molecule has 0 aromatic heterocycles. The van der Waals surface area contributed by atoms with Gasteiger partial charge in [0.15, 0.2) is 0 Å². The molecule has 0 bridgehead atoms. The van der Waals surface area contributed by atoms with Crippen molar-refractivity contribution in [2.45, 2.75) is 52.1 Å². The Bertz CT molecular complexity index is 743. The van der Waals surface area contributed by atoms with Crippen molar-refractivity contribution in [1.29, 1.82) is 0 Å². The summed E-state index contributed by atoms with van der Waals surface area (Å²) in [4.78, 5) is 28.6. The average molecular weight is 413 g/mol. The Labute approximate surface area is 170 Å². The van der Waals surface area contributed by atoms with E-state index in [4.69, 9.17) is 23.2 Å². The summed E-state index contributed by atoms with van der Waals surface area (Å²) in [6.45, 7) is 7.14. The summed E-state index contributed by atoms with van der Waals surface area (Å²) in [7, 11) is 0. The zero-order valence-electron chi connectivity index (χ0n) is 15.9. The summed E-state index contributed by atoms with van der Waals surface area (Å²) in [5, 5.41) is 10.3. The third-order valence-corrected chi connectivity index (χ3v) is 6.31. The molecule has 2 atom stereocenters. The number of carbonyl (C=O) groups is 2. The fourth-order valence-electron chi connectivity index (χ4n) is 4.13. The van der Waals surface area contributed by atoms with Gasteiger partial charge < -0.3 is 14.9 Å². The Morgan fingerprint density at radius 3 is 2.44 bits per heavy atom. The zero-order chi connectivity index (χ0) is 19.9. The molecule has 1 unspecified atom stereocenters. The second-order valence-electron chi connectivity index (χ2n) is 8.65. The van der Waals surface area contributed by atoms with Crippen LogP contribution in [0.1, 0.15) is 50.4 Å². The van der Waals surface area contributed by atoms with Crippen molar-refractivity contribution in [3.8, 4) is 0 Å². The molecule has 7 heteroatoms. The van der Waals surface area contributed by atoms with Gasteiger partial charge in [-0.2, -0.15) is 0 Å². The van der Waals surface area contributed by atoms with Gasteiger partial charge >= 0.3 is 6.09 Å². The molecular formula is C20H26Cl2N2O3. The van der Waals surface area contributed by atoms with Gasteiger partial charge in [0.25, 0.3) is 5.91 Å². The molecule has 3 rings (SSSR count).